The highest BCUT2D eigenvalue weighted by Crippen LogP contribution is 2.22. The maximum atomic E-state index is 12.6. The fourth-order valence-corrected chi connectivity index (χ4v) is 4.62. The zero-order chi connectivity index (χ0) is 24.7. The highest BCUT2D eigenvalue weighted by molar-refractivity contribution is 5.91. The van der Waals surface area contributed by atoms with Gasteiger partial charge in [-0.15, -0.1) is 0 Å². The minimum atomic E-state index is -0.686. The predicted molar refractivity (Wildman–Crippen MR) is 145 cm³/mol. The second kappa shape index (κ2) is 11.1. The number of rotatable bonds is 9. The maximum absolute atomic E-state index is 12.6. The summed E-state index contributed by atoms with van der Waals surface area (Å²) in [4.78, 5) is 12.6. The molecule has 0 aliphatic carbocycles. The molecule has 4 rings (SSSR count). The number of aliphatic hydroxyl groups excluding tert-OH is 1. The molecule has 0 fully saturated rings. The zero-order valence-electron chi connectivity index (χ0n) is 20.3. The van der Waals surface area contributed by atoms with E-state index in [0.29, 0.717) is 17.6 Å². The van der Waals surface area contributed by atoms with E-state index in [1.807, 2.05) is 43.4 Å². The minimum Gasteiger partial charge on any atom is -0.465 e. The molecule has 1 atom stereocenters. The molecule has 4 aromatic rings. The summed E-state index contributed by atoms with van der Waals surface area (Å²) in [5.74, 6) is -0.410. The number of hydrogen-bond acceptors (Lipinski definition) is 3. The number of ether oxygens (including phenoxy) is 1. The van der Waals surface area contributed by atoms with Gasteiger partial charge < -0.3 is 14.3 Å². The van der Waals surface area contributed by atoms with Crippen LogP contribution in [0, 0.1) is 0 Å². The van der Waals surface area contributed by atoms with Gasteiger partial charge in [0.25, 0.3) is 0 Å². The maximum Gasteiger partial charge on any atom is 0.367 e. The minimum absolute atomic E-state index is 0.284. The number of fused-ring (bicyclic) bond motifs is 2. The third kappa shape index (κ3) is 5.51. The van der Waals surface area contributed by atoms with Crippen molar-refractivity contribution in [3.05, 3.63) is 108 Å². The smallest absolute Gasteiger partial charge is 0.367 e. The molecule has 178 valence electrons. The molecule has 0 bridgehead atoms. The number of carbonyl (C=O) groups excluding carboxylic acids is 1. The van der Waals surface area contributed by atoms with Crippen molar-refractivity contribution in [3.63, 3.8) is 0 Å². The van der Waals surface area contributed by atoms with Crippen molar-refractivity contribution in [1.29, 1.82) is 0 Å². The van der Waals surface area contributed by atoms with E-state index in [9.17, 15) is 9.90 Å². The van der Waals surface area contributed by atoms with Crippen LogP contribution in [-0.2, 0) is 9.53 Å². The largest absolute Gasteiger partial charge is 0.465 e. The number of esters is 1. The average molecular weight is 467 g/mol. The van der Waals surface area contributed by atoms with Crippen molar-refractivity contribution in [2.75, 3.05) is 33.9 Å². The molecule has 4 nitrogen and oxygen atoms in total. The number of methoxy groups -OCH3 is 1. The first-order valence-electron chi connectivity index (χ1n) is 11.9. The van der Waals surface area contributed by atoms with E-state index in [-0.39, 0.29) is 6.61 Å². The van der Waals surface area contributed by atoms with Gasteiger partial charge in [0.05, 0.1) is 27.2 Å². The molecule has 1 N–H and O–H groups in total. The number of aliphatic hydroxyl groups is 1. The van der Waals surface area contributed by atoms with Gasteiger partial charge in [-0.3, -0.25) is 0 Å². The average Bonchev–Trinajstić information content (AvgIpc) is 2.89. The van der Waals surface area contributed by atoms with Gasteiger partial charge in [-0.2, -0.15) is 0 Å². The van der Waals surface area contributed by atoms with Crippen LogP contribution in [0.4, 0.5) is 0 Å². The summed E-state index contributed by atoms with van der Waals surface area (Å²) < 4.78 is 5.33. The lowest BCUT2D eigenvalue weighted by Crippen LogP contribution is -2.58. The van der Waals surface area contributed by atoms with Crippen LogP contribution in [0.2, 0.25) is 0 Å². The van der Waals surface area contributed by atoms with Crippen LogP contribution in [0.5, 0.6) is 0 Å². The number of likely N-dealkylation sites (N-methyl/N-ethyl adjacent to an activating group) is 1. The molecule has 0 heterocycles. The van der Waals surface area contributed by atoms with Crippen LogP contribution in [-0.4, -0.2) is 55.5 Å². The molecule has 35 heavy (non-hydrogen) atoms. The van der Waals surface area contributed by atoms with Crippen molar-refractivity contribution in [3.8, 4) is 0 Å². The Labute approximate surface area is 207 Å². The Hall–Kier alpha value is -3.73. The van der Waals surface area contributed by atoms with Gasteiger partial charge in [-0.1, -0.05) is 97.1 Å². The Bertz CT molecular complexity index is 1270. The first-order valence-corrected chi connectivity index (χ1v) is 11.9. The molecule has 0 saturated carbocycles. The number of carbonyl (C=O) groups is 1. The first-order chi connectivity index (χ1) is 17.1. The van der Waals surface area contributed by atoms with E-state index in [4.69, 9.17) is 4.74 Å². The number of quaternary nitrogens is 1. The molecule has 0 saturated heterocycles. The third-order valence-electron chi connectivity index (χ3n) is 6.69. The van der Waals surface area contributed by atoms with Crippen LogP contribution in [0.15, 0.2) is 97.1 Å². The lowest BCUT2D eigenvalue weighted by atomic mass is 10.0. The fraction of sp³-hybridized carbons (Fsp3) is 0.194. The second-order valence-electron chi connectivity index (χ2n) is 9.01. The van der Waals surface area contributed by atoms with Crippen LogP contribution in [0.3, 0.4) is 0 Å². The quantitative estimate of drug-likeness (QED) is 0.254. The Morgan fingerprint density at radius 1 is 0.800 bits per heavy atom. The van der Waals surface area contributed by atoms with Crippen LogP contribution < -0.4 is 0 Å². The monoisotopic (exact) mass is 466 g/mol. The van der Waals surface area contributed by atoms with Crippen LogP contribution in [0.25, 0.3) is 33.7 Å². The van der Waals surface area contributed by atoms with Crippen molar-refractivity contribution < 1.29 is 19.1 Å². The van der Waals surface area contributed by atoms with Gasteiger partial charge in [0, 0.05) is 0 Å². The second-order valence-corrected chi connectivity index (χ2v) is 9.01. The summed E-state index contributed by atoms with van der Waals surface area (Å²) in [6, 6.07) is 28.4. The van der Waals surface area contributed by atoms with Crippen LogP contribution in [0.1, 0.15) is 11.1 Å². The topological polar surface area (TPSA) is 46.5 Å². The SMILES string of the molecule is COC(=O)C(CO)[N+](C)(C/C=C/c1cccc2ccccc12)C/C=C/c1cccc2ccccc12. The summed E-state index contributed by atoms with van der Waals surface area (Å²) in [5.41, 5.74) is 2.25. The van der Waals surface area contributed by atoms with Crippen molar-refractivity contribution in [2.24, 2.45) is 0 Å². The lowest BCUT2D eigenvalue weighted by Gasteiger charge is -2.37. The Morgan fingerprint density at radius 2 is 1.26 bits per heavy atom. The van der Waals surface area contributed by atoms with Crippen molar-refractivity contribution in [2.45, 2.75) is 6.04 Å². The lowest BCUT2D eigenvalue weighted by molar-refractivity contribution is -0.914. The third-order valence-corrected chi connectivity index (χ3v) is 6.69. The Kier molecular flexibility index (Phi) is 7.76. The van der Waals surface area contributed by atoms with E-state index in [2.05, 4.69) is 72.8 Å². The molecular formula is C31H32NO3+. The number of benzene rings is 4. The highest BCUT2D eigenvalue weighted by Gasteiger charge is 2.37. The molecule has 0 aliphatic heterocycles. The fourth-order valence-electron chi connectivity index (χ4n) is 4.62. The van der Waals surface area contributed by atoms with E-state index >= 15 is 0 Å². The molecule has 4 aromatic carbocycles. The standard InChI is InChI=1S/C31H32NO3/c1-32(30(23-33)31(34)35-2,21-9-17-26-15-7-13-24-11-3-5-19-28(24)26)22-10-18-27-16-8-14-25-12-4-6-20-29(25)27/h3-20,30,33H,21-23H2,1-2H3/q+1/b17-9+,18-10+. The summed E-state index contributed by atoms with van der Waals surface area (Å²) in [5, 5.41) is 14.9. The van der Waals surface area contributed by atoms with Gasteiger partial charge in [0.2, 0.25) is 6.04 Å². The van der Waals surface area contributed by atoms with Crippen molar-refractivity contribution >= 4 is 39.7 Å². The Morgan fingerprint density at radius 3 is 1.71 bits per heavy atom. The molecule has 1 unspecified atom stereocenters. The molecular weight excluding hydrogens is 434 g/mol. The van der Waals surface area contributed by atoms with E-state index in [1.165, 1.54) is 28.7 Å². The van der Waals surface area contributed by atoms with Gasteiger partial charge in [0.15, 0.2) is 0 Å². The van der Waals surface area contributed by atoms with E-state index in [0.717, 1.165) is 11.1 Å². The highest BCUT2D eigenvalue weighted by atomic mass is 16.5. The predicted octanol–water partition coefficient (Wildman–Crippen LogP) is 5.70. The molecule has 0 amide bonds. The van der Waals surface area contributed by atoms with Gasteiger partial charge in [-0.25, -0.2) is 4.79 Å². The molecule has 0 aromatic heterocycles. The summed E-state index contributed by atoms with van der Waals surface area (Å²) in [6.07, 6.45) is 8.36. The Balaban J connectivity index is 1.60. The van der Waals surface area contributed by atoms with Gasteiger partial charge in [-0.05, 0) is 44.8 Å². The normalized spacial score (nSPS) is 13.1. The number of nitrogens with zero attached hydrogens (tertiary/aromatic N) is 1. The van der Waals surface area contributed by atoms with E-state index < -0.39 is 12.0 Å². The molecule has 4 heteroatoms. The summed E-state index contributed by atoms with van der Waals surface area (Å²) in [7, 11) is 3.35. The number of hydrogen-bond donors (Lipinski definition) is 1. The van der Waals surface area contributed by atoms with Gasteiger partial charge in [0.1, 0.15) is 6.61 Å². The first kappa shape index (κ1) is 24.4. The van der Waals surface area contributed by atoms with Crippen LogP contribution >= 0.6 is 0 Å². The summed E-state index contributed by atoms with van der Waals surface area (Å²) in [6.45, 7) is 0.834. The molecule has 0 aliphatic rings. The summed E-state index contributed by atoms with van der Waals surface area (Å²) >= 11 is 0. The molecule has 0 spiro atoms. The molecule has 0 radical (unpaired) electrons. The van der Waals surface area contributed by atoms with Crippen molar-refractivity contribution in [1.82, 2.24) is 0 Å². The van der Waals surface area contributed by atoms with E-state index in [1.54, 1.807) is 0 Å². The van der Waals surface area contributed by atoms with Gasteiger partial charge >= 0.3 is 5.97 Å². The zero-order valence-corrected chi connectivity index (χ0v) is 20.3.